The Hall–Kier alpha value is -1.90. The van der Waals surface area contributed by atoms with E-state index >= 15 is 0 Å². The van der Waals surface area contributed by atoms with Crippen molar-refractivity contribution < 1.29 is 0 Å². The number of benzene rings is 1. The molecule has 3 nitrogen and oxygen atoms in total. The number of anilines is 2. The van der Waals surface area contributed by atoms with Crippen LogP contribution in [-0.2, 0) is 6.42 Å². The fourth-order valence-corrected chi connectivity index (χ4v) is 3.17. The van der Waals surface area contributed by atoms with Gasteiger partial charge < -0.3 is 5.32 Å². The molecule has 1 heterocycles. The van der Waals surface area contributed by atoms with Crippen LogP contribution in [0.5, 0.6) is 0 Å². The van der Waals surface area contributed by atoms with Gasteiger partial charge in [-0.3, -0.25) is 4.98 Å². The quantitative estimate of drug-likeness (QED) is 0.772. The monoisotopic (exact) mass is 311 g/mol. The molecule has 0 atom stereocenters. The fraction of sp³-hybridized carbons (Fsp3) is 0.500. The molecule has 2 rings (SSSR count). The molecular weight excluding hydrogens is 282 g/mol. The lowest BCUT2D eigenvalue weighted by atomic mass is 9.85. The van der Waals surface area contributed by atoms with Crippen LogP contribution in [-0.4, -0.2) is 9.97 Å². The Morgan fingerprint density at radius 2 is 1.57 bits per heavy atom. The second-order valence-corrected chi connectivity index (χ2v) is 6.46. The maximum Gasteiger partial charge on any atom is 0.148 e. The zero-order valence-corrected chi connectivity index (χ0v) is 15.3. The fourth-order valence-electron chi connectivity index (χ4n) is 3.17. The van der Waals surface area contributed by atoms with Crippen molar-refractivity contribution in [1.82, 2.24) is 9.97 Å². The number of aromatic nitrogens is 2. The molecule has 2 aromatic rings. The van der Waals surface area contributed by atoms with Crippen molar-refractivity contribution in [2.24, 2.45) is 5.92 Å². The van der Waals surface area contributed by atoms with Crippen LogP contribution in [0, 0.1) is 33.6 Å². The van der Waals surface area contributed by atoms with E-state index in [1.54, 1.807) is 18.6 Å². The maximum absolute atomic E-state index is 4.38. The number of hydrogen-bond donors (Lipinski definition) is 1. The Balaban J connectivity index is 2.53. The van der Waals surface area contributed by atoms with Gasteiger partial charge in [-0.25, -0.2) is 4.98 Å². The molecule has 0 aliphatic heterocycles. The molecule has 124 valence electrons. The Morgan fingerprint density at radius 3 is 2.13 bits per heavy atom. The molecule has 0 aliphatic rings. The summed E-state index contributed by atoms with van der Waals surface area (Å²) in [5, 5.41) is 3.53. The largest absolute Gasteiger partial charge is 0.338 e. The summed E-state index contributed by atoms with van der Waals surface area (Å²) in [7, 11) is 0. The van der Waals surface area contributed by atoms with E-state index in [0.29, 0.717) is 0 Å². The number of nitrogens with zero attached hydrogens (tertiary/aromatic N) is 2. The zero-order chi connectivity index (χ0) is 17.0. The molecule has 0 unspecified atom stereocenters. The molecular formula is C20H29N3. The summed E-state index contributed by atoms with van der Waals surface area (Å²) in [4.78, 5) is 8.55. The van der Waals surface area contributed by atoms with Gasteiger partial charge in [-0.1, -0.05) is 26.7 Å². The third kappa shape index (κ3) is 3.72. The predicted molar refractivity (Wildman–Crippen MR) is 98.5 cm³/mol. The van der Waals surface area contributed by atoms with Crippen molar-refractivity contribution in [3.8, 4) is 0 Å². The standard InChI is InChI=1S/C20H29N3/c1-7-17(8-2)11-18-15(5)13(3)14(4)16(6)20(18)23-19-12-21-9-10-22-19/h9-10,12,17H,7-8,11H2,1-6H3,(H,22,23). The first-order chi connectivity index (χ1) is 11.0. The Kier molecular flexibility index (Phi) is 5.75. The molecule has 0 radical (unpaired) electrons. The van der Waals surface area contributed by atoms with Gasteiger partial charge in [0.1, 0.15) is 5.82 Å². The minimum atomic E-state index is 0.720. The highest BCUT2D eigenvalue weighted by Gasteiger charge is 2.18. The van der Waals surface area contributed by atoms with Gasteiger partial charge in [-0.05, 0) is 67.9 Å². The Labute approximate surface area is 140 Å². The molecule has 0 saturated carbocycles. The van der Waals surface area contributed by atoms with Crippen LogP contribution in [0.15, 0.2) is 18.6 Å². The van der Waals surface area contributed by atoms with Crippen LogP contribution < -0.4 is 5.32 Å². The summed E-state index contributed by atoms with van der Waals surface area (Å²) in [6.45, 7) is 13.5. The molecule has 0 spiro atoms. The van der Waals surface area contributed by atoms with Crippen molar-refractivity contribution in [2.45, 2.75) is 60.8 Å². The zero-order valence-electron chi connectivity index (χ0n) is 15.3. The van der Waals surface area contributed by atoms with E-state index in [1.807, 2.05) is 0 Å². The number of hydrogen-bond acceptors (Lipinski definition) is 3. The van der Waals surface area contributed by atoms with Gasteiger partial charge in [0.05, 0.1) is 6.20 Å². The highest BCUT2D eigenvalue weighted by atomic mass is 15.0. The summed E-state index contributed by atoms with van der Waals surface area (Å²) in [6.07, 6.45) is 8.76. The number of rotatable bonds is 6. The molecule has 0 amide bonds. The van der Waals surface area contributed by atoms with Crippen LogP contribution in [0.4, 0.5) is 11.5 Å². The maximum atomic E-state index is 4.38. The van der Waals surface area contributed by atoms with Gasteiger partial charge in [-0.2, -0.15) is 0 Å². The van der Waals surface area contributed by atoms with Crippen LogP contribution in [0.1, 0.15) is 54.5 Å². The van der Waals surface area contributed by atoms with E-state index in [2.05, 4.69) is 56.8 Å². The average Bonchev–Trinajstić information content (AvgIpc) is 2.58. The minimum absolute atomic E-state index is 0.720. The lowest BCUT2D eigenvalue weighted by molar-refractivity contribution is 0.490. The first-order valence-corrected chi connectivity index (χ1v) is 8.61. The van der Waals surface area contributed by atoms with E-state index in [0.717, 1.165) is 18.2 Å². The van der Waals surface area contributed by atoms with Gasteiger partial charge in [0.25, 0.3) is 0 Å². The SMILES string of the molecule is CCC(CC)Cc1c(C)c(C)c(C)c(C)c1Nc1cnccn1. The summed E-state index contributed by atoms with van der Waals surface area (Å²) < 4.78 is 0. The summed E-state index contributed by atoms with van der Waals surface area (Å²) in [5.41, 5.74) is 8.16. The summed E-state index contributed by atoms with van der Waals surface area (Å²) in [5.74, 6) is 1.53. The van der Waals surface area contributed by atoms with Crippen LogP contribution >= 0.6 is 0 Å². The van der Waals surface area contributed by atoms with Crippen molar-refractivity contribution in [3.63, 3.8) is 0 Å². The third-order valence-electron chi connectivity index (χ3n) is 5.28. The van der Waals surface area contributed by atoms with Crippen LogP contribution in [0.3, 0.4) is 0 Å². The topological polar surface area (TPSA) is 37.8 Å². The lowest BCUT2D eigenvalue weighted by Gasteiger charge is -2.24. The average molecular weight is 311 g/mol. The molecule has 1 N–H and O–H groups in total. The van der Waals surface area contributed by atoms with E-state index < -0.39 is 0 Å². The van der Waals surface area contributed by atoms with Gasteiger partial charge >= 0.3 is 0 Å². The normalized spacial score (nSPS) is 11.1. The Morgan fingerprint density at radius 1 is 0.913 bits per heavy atom. The van der Waals surface area contributed by atoms with Gasteiger partial charge in [0, 0.05) is 18.1 Å². The summed E-state index contributed by atoms with van der Waals surface area (Å²) >= 11 is 0. The van der Waals surface area contributed by atoms with E-state index in [9.17, 15) is 0 Å². The smallest absolute Gasteiger partial charge is 0.148 e. The molecule has 1 aromatic carbocycles. The second kappa shape index (κ2) is 7.58. The molecule has 3 heteroatoms. The molecule has 0 saturated heterocycles. The Bertz CT molecular complexity index is 659. The molecule has 23 heavy (non-hydrogen) atoms. The van der Waals surface area contributed by atoms with E-state index in [4.69, 9.17) is 0 Å². The van der Waals surface area contributed by atoms with E-state index in [-0.39, 0.29) is 0 Å². The molecule has 1 aromatic heterocycles. The third-order valence-corrected chi connectivity index (χ3v) is 5.28. The van der Waals surface area contributed by atoms with Crippen LogP contribution in [0.2, 0.25) is 0 Å². The molecule has 0 bridgehead atoms. The summed E-state index contributed by atoms with van der Waals surface area (Å²) in [6, 6.07) is 0. The number of nitrogens with one attached hydrogen (secondary N) is 1. The van der Waals surface area contributed by atoms with Crippen molar-refractivity contribution in [1.29, 1.82) is 0 Å². The van der Waals surface area contributed by atoms with Crippen molar-refractivity contribution in [3.05, 3.63) is 46.4 Å². The van der Waals surface area contributed by atoms with Gasteiger partial charge in [-0.15, -0.1) is 0 Å². The second-order valence-electron chi connectivity index (χ2n) is 6.46. The minimum Gasteiger partial charge on any atom is -0.338 e. The lowest BCUT2D eigenvalue weighted by Crippen LogP contribution is -2.11. The highest BCUT2D eigenvalue weighted by Crippen LogP contribution is 2.35. The van der Waals surface area contributed by atoms with Crippen molar-refractivity contribution in [2.75, 3.05) is 5.32 Å². The first kappa shape index (κ1) is 17.5. The highest BCUT2D eigenvalue weighted by molar-refractivity contribution is 5.70. The van der Waals surface area contributed by atoms with Crippen molar-refractivity contribution >= 4 is 11.5 Å². The predicted octanol–water partition coefficient (Wildman–Crippen LogP) is 5.43. The van der Waals surface area contributed by atoms with Gasteiger partial charge in [0.15, 0.2) is 0 Å². The van der Waals surface area contributed by atoms with E-state index in [1.165, 1.54) is 46.3 Å². The first-order valence-electron chi connectivity index (χ1n) is 8.61. The molecule has 0 aliphatic carbocycles. The molecule has 0 fully saturated rings. The van der Waals surface area contributed by atoms with Gasteiger partial charge in [0.2, 0.25) is 0 Å². The van der Waals surface area contributed by atoms with Crippen LogP contribution in [0.25, 0.3) is 0 Å².